The lowest BCUT2D eigenvalue weighted by atomic mass is 10.1. The van der Waals surface area contributed by atoms with Gasteiger partial charge >= 0.3 is 0 Å². The van der Waals surface area contributed by atoms with E-state index in [1.54, 1.807) is 12.0 Å². The number of carbonyl (C=O) groups is 2. The number of amides is 2. The van der Waals surface area contributed by atoms with Crippen LogP contribution in [0.4, 0.5) is 0 Å². The first-order valence-corrected chi connectivity index (χ1v) is 10.8. The number of aryl methyl sites for hydroxylation is 1. The highest BCUT2D eigenvalue weighted by Crippen LogP contribution is 2.19. The number of rotatable bonds is 9. The van der Waals surface area contributed by atoms with Crippen molar-refractivity contribution < 1.29 is 14.3 Å². The molecule has 1 aliphatic carbocycles. The zero-order valence-electron chi connectivity index (χ0n) is 18.0. The van der Waals surface area contributed by atoms with E-state index >= 15 is 0 Å². The molecular formula is C25H32N2O3. The summed E-state index contributed by atoms with van der Waals surface area (Å²) in [4.78, 5) is 27.7. The van der Waals surface area contributed by atoms with Gasteiger partial charge in [-0.05, 0) is 49.4 Å². The molecule has 0 saturated heterocycles. The number of hydrogen-bond donors (Lipinski definition) is 1. The van der Waals surface area contributed by atoms with Gasteiger partial charge in [-0.15, -0.1) is 0 Å². The summed E-state index contributed by atoms with van der Waals surface area (Å²) in [6.07, 6.45) is 5.41. The molecule has 0 spiro atoms. The lowest BCUT2D eigenvalue weighted by Gasteiger charge is -2.30. The number of nitrogens with one attached hydrogen (secondary N) is 1. The molecule has 2 aromatic carbocycles. The van der Waals surface area contributed by atoms with Gasteiger partial charge in [-0.25, -0.2) is 0 Å². The van der Waals surface area contributed by atoms with Crippen molar-refractivity contribution in [3.63, 3.8) is 0 Å². The van der Waals surface area contributed by atoms with E-state index in [4.69, 9.17) is 4.74 Å². The van der Waals surface area contributed by atoms with Gasteiger partial charge in [0.15, 0.2) is 0 Å². The molecule has 1 saturated carbocycles. The zero-order valence-corrected chi connectivity index (χ0v) is 18.0. The van der Waals surface area contributed by atoms with E-state index in [1.165, 1.54) is 0 Å². The second-order valence-electron chi connectivity index (χ2n) is 8.02. The number of hydrogen-bond acceptors (Lipinski definition) is 3. The predicted octanol–water partition coefficient (Wildman–Crippen LogP) is 4.10. The molecule has 30 heavy (non-hydrogen) atoms. The van der Waals surface area contributed by atoms with Gasteiger partial charge in [0, 0.05) is 19.0 Å². The van der Waals surface area contributed by atoms with Gasteiger partial charge in [-0.3, -0.25) is 9.59 Å². The van der Waals surface area contributed by atoms with E-state index in [0.29, 0.717) is 19.4 Å². The van der Waals surface area contributed by atoms with Crippen molar-refractivity contribution in [2.75, 3.05) is 7.11 Å². The van der Waals surface area contributed by atoms with Crippen LogP contribution in [0.15, 0.2) is 54.6 Å². The van der Waals surface area contributed by atoms with E-state index in [-0.39, 0.29) is 17.9 Å². The van der Waals surface area contributed by atoms with E-state index < -0.39 is 6.04 Å². The van der Waals surface area contributed by atoms with E-state index in [0.717, 1.165) is 42.6 Å². The molecule has 2 aromatic rings. The summed E-state index contributed by atoms with van der Waals surface area (Å²) < 4.78 is 5.22. The number of methoxy groups -OCH3 is 1. The van der Waals surface area contributed by atoms with Crippen molar-refractivity contribution in [2.45, 2.75) is 64.1 Å². The molecule has 0 radical (unpaired) electrons. The Morgan fingerprint density at radius 1 is 1.03 bits per heavy atom. The van der Waals surface area contributed by atoms with Crippen LogP contribution < -0.4 is 10.1 Å². The van der Waals surface area contributed by atoms with Gasteiger partial charge in [-0.2, -0.15) is 0 Å². The van der Waals surface area contributed by atoms with E-state index in [1.807, 2.05) is 61.5 Å². The van der Waals surface area contributed by atoms with Crippen molar-refractivity contribution in [2.24, 2.45) is 0 Å². The first-order valence-electron chi connectivity index (χ1n) is 10.8. The van der Waals surface area contributed by atoms with Crippen molar-refractivity contribution in [1.29, 1.82) is 0 Å². The van der Waals surface area contributed by atoms with Crippen molar-refractivity contribution in [1.82, 2.24) is 10.2 Å². The van der Waals surface area contributed by atoms with Crippen molar-refractivity contribution >= 4 is 11.8 Å². The molecule has 1 aliphatic rings. The minimum Gasteiger partial charge on any atom is -0.497 e. The molecule has 1 atom stereocenters. The highest BCUT2D eigenvalue weighted by Gasteiger charge is 2.28. The van der Waals surface area contributed by atoms with Crippen LogP contribution in [0.1, 0.15) is 50.2 Å². The summed E-state index contributed by atoms with van der Waals surface area (Å²) >= 11 is 0. The fourth-order valence-corrected chi connectivity index (χ4v) is 3.94. The Morgan fingerprint density at radius 2 is 1.70 bits per heavy atom. The highest BCUT2D eigenvalue weighted by atomic mass is 16.5. The SMILES string of the molecule is COc1ccc(CN(C(=O)CCc2ccccc2)C(C)C(=O)NC2CCCC2)cc1. The third kappa shape index (κ3) is 6.09. The number of nitrogens with zero attached hydrogens (tertiary/aromatic N) is 1. The fraction of sp³-hybridized carbons (Fsp3) is 0.440. The number of ether oxygens (including phenoxy) is 1. The lowest BCUT2D eigenvalue weighted by Crippen LogP contribution is -2.49. The van der Waals surface area contributed by atoms with Gasteiger partial charge in [0.05, 0.1) is 7.11 Å². The molecule has 160 valence electrons. The summed E-state index contributed by atoms with van der Waals surface area (Å²) in [5.41, 5.74) is 2.10. The van der Waals surface area contributed by atoms with Crippen LogP contribution in [0.2, 0.25) is 0 Å². The van der Waals surface area contributed by atoms with Gasteiger partial charge < -0.3 is 15.0 Å². The van der Waals surface area contributed by atoms with Gasteiger partial charge in [-0.1, -0.05) is 55.3 Å². The van der Waals surface area contributed by atoms with Crippen LogP contribution in [0.25, 0.3) is 0 Å². The maximum atomic E-state index is 13.1. The first-order chi connectivity index (χ1) is 14.6. The summed E-state index contributed by atoms with van der Waals surface area (Å²) in [6.45, 7) is 2.23. The molecule has 1 N–H and O–H groups in total. The maximum absolute atomic E-state index is 13.1. The molecule has 3 rings (SSSR count). The molecule has 0 aromatic heterocycles. The van der Waals surface area contributed by atoms with Gasteiger partial charge in [0.25, 0.3) is 0 Å². The standard InChI is InChI=1S/C25H32N2O3/c1-19(25(29)26-22-10-6-7-11-22)27(18-21-12-15-23(30-2)16-13-21)24(28)17-14-20-8-4-3-5-9-20/h3-5,8-9,12-13,15-16,19,22H,6-7,10-11,14,17-18H2,1-2H3,(H,26,29). The fourth-order valence-electron chi connectivity index (χ4n) is 3.94. The second-order valence-corrected chi connectivity index (χ2v) is 8.02. The van der Waals surface area contributed by atoms with Crippen LogP contribution in [-0.2, 0) is 22.6 Å². The third-order valence-electron chi connectivity index (χ3n) is 5.85. The normalized spacial score (nSPS) is 14.9. The van der Waals surface area contributed by atoms with E-state index in [2.05, 4.69) is 5.32 Å². The molecule has 1 fully saturated rings. The van der Waals surface area contributed by atoms with Crippen molar-refractivity contribution in [3.05, 3.63) is 65.7 Å². The maximum Gasteiger partial charge on any atom is 0.242 e. The first kappa shape index (κ1) is 21.9. The van der Waals surface area contributed by atoms with Gasteiger partial charge in [0.1, 0.15) is 11.8 Å². The summed E-state index contributed by atoms with van der Waals surface area (Å²) in [5, 5.41) is 3.14. The number of carbonyl (C=O) groups excluding carboxylic acids is 2. The largest absolute Gasteiger partial charge is 0.497 e. The summed E-state index contributed by atoms with van der Waals surface area (Å²) in [6, 6.07) is 17.3. The van der Waals surface area contributed by atoms with Crippen LogP contribution >= 0.6 is 0 Å². The molecule has 0 heterocycles. The Bertz CT molecular complexity index is 814. The molecule has 5 heteroatoms. The Labute approximate surface area is 179 Å². The molecule has 2 amide bonds. The summed E-state index contributed by atoms with van der Waals surface area (Å²) in [7, 11) is 1.63. The molecule has 1 unspecified atom stereocenters. The average Bonchev–Trinajstić information content (AvgIpc) is 3.29. The Balaban J connectivity index is 1.70. The smallest absolute Gasteiger partial charge is 0.242 e. The Hall–Kier alpha value is -2.82. The Morgan fingerprint density at radius 3 is 2.33 bits per heavy atom. The van der Waals surface area contributed by atoms with Crippen LogP contribution in [0.3, 0.4) is 0 Å². The van der Waals surface area contributed by atoms with E-state index in [9.17, 15) is 9.59 Å². The quantitative estimate of drug-likeness (QED) is 0.679. The summed E-state index contributed by atoms with van der Waals surface area (Å²) in [5.74, 6) is 0.694. The second kappa shape index (κ2) is 10.8. The molecule has 0 aliphatic heterocycles. The van der Waals surface area contributed by atoms with Crippen LogP contribution in [0, 0.1) is 0 Å². The Kier molecular flexibility index (Phi) is 7.89. The van der Waals surface area contributed by atoms with Gasteiger partial charge in [0.2, 0.25) is 11.8 Å². The monoisotopic (exact) mass is 408 g/mol. The minimum absolute atomic E-state index is 0.0104. The molecule has 5 nitrogen and oxygen atoms in total. The topological polar surface area (TPSA) is 58.6 Å². The molecular weight excluding hydrogens is 376 g/mol. The molecule has 0 bridgehead atoms. The number of benzene rings is 2. The zero-order chi connectivity index (χ0) is 21.3. The third-order valence-corrected chi connectivity index (χ3v) is 5.85. The predicted molar refractivity (Wildman–Crippen MR) is 118 cm³/mol. The van der Waals surface area contributed by atoms with Crippen LogP contribution in [-0.4, -0.2) is 35.9 Å². The van der Waals surface area contributed by atoms with Crippen LogP contribution in [0.5, 0.6) is 5.75 Å². The van der Waals surface area contributed by atoms with Crippen molar-refractivity contribution in [3.8, 4) is 5.75 Å². The average molecular weight is 409 g/mol. The minimum atomic E-state index is -0.518. The highest BCUT2D eigenvalue weighted by molar-refractivity contribution is 5.87. The lowest BCUT2D eigenvalue weighted by molar-refractivity contribution is -0.140.